The quantitative estimate of drug-likeness (QED) is 0.0934. The van der Waals surface area contributed by atoms with Gasteiger partial charge in [0.25, 0.3) is 11.1 Å². The SMILES string of the molecule is Cn1c(=O)c2ccc(-c3cnc(C(C)(C)O)nc3)cc2n1Cc1cc(CCC(C)(C)O)ccc1Cl.Cn1c(=O)c2ccc(-c3cnc(C(C)(C)O)nc3)cc2n1Cc1cc(N)ccc1Cl. The predicted molar refractivity (Wildman–Crippen MR) is 257 cm³/mol. The lowest BCUT2D eigenvalue weighted by Gasteiger charge is -2.17. The number of halogens is 2. The van der Waals surface area contributed by atoms with Crippen molar-refractivity contribution < 1.29 is 15.3 Å². The minimum atomic E-state index is -1.12. The van der Waals surface area contributed by atoms with Crippen molar-refractivity contribution in [1.29, 1.82) is 0 Å². The Morgan fingerprint density at radius 1 is 0.569 bits per heavy atom. The first-order valence-electron chi connectivity index (χ1n) is 21.0. The van der Waals surface area contributed by atoms with E-state index in [0.29, 0.717) is 57.7 Å². The average Bonchev–Trinajstić information content (AvgIpc) is 3.63. The molecule has 0 aliphatic carbocycles. The molecule has 16 heteroatoms. The summed E-state index contributed by atoms with van der Waals surface area (Å²) in [5.74, 6) is 0.693. The number of nitrogens with zero attached hydrogens (tertiary/aromatic N) is 8. The number of aryl methyl sites for hydroxylation is 1. The molecule has 0 unspecified atom stereocenters. The van der Waals surface area contributed by atoms with E-state index in [4.69, 9.17) is 28.9 Å². The lowest BCUT2D eigenvalue weighted by atomic mass is 9.98. The van der Waals surface area contributed by atoms with Gasteiger partial charge in [-0.15, -0.1) is 0 Å². The summed E-state index contributed by atoms with van der Waals surface area (Å²) in [6.45, 7) is 11.0. The minimum Gasteiger partial charge on any atom is -0.399 e. The van der Waals surface area contributed by atoms with Crippen LogP contribution in [-0.4, -0.2) is 59.6 Å². The summed E-state index contributed by atoms with van der Waals surface area (Å²) in [4.78, 5) is 42.8. The molecule has 0 bridgehead atoms. The van der Waals surface area contributed by atoms with Gasteiger partial charge in [0.15, 0.2) is 11.6 Å². The van der Waals surface area contributed by atoms with Crippen LogP contribution in [-0.2, 0) is 44.8 Å². The van der Waals surface area contributed by atoms with E-state index in [1.165, 1.54) is 0 Å². The summed E-state index contributed by atoms with van der Waals surface area (Å²) in [6, 6.07) is 22.4. The molecule has 0 amide bonds. The van der Waals surface area contributed by atoms with Crippen molar-refractivity contribution in [2.45, 2.75) is 84.3 Å². The van der Waals surface area contributed by atoms with Crippen molar-refractivity contribution in [3.05, 3.63) is 157 Å². The van der Waals surface area contributed by atoms with E-state index in [1.807, 2.05) is 64.0 Å². The zero-order valence-corrected chi connectivity index (χ0v) is 39.1. The van der Waals surface area contributed by atoms with Crippen LogP contribution in [0.1, 0.15) is 76.3 Å². The summed E-state index contributed by atoms with van der Waals surface area (Å²) >= 11 is 12.9. The van der Waals surface area contributed by atoms with Crippen LogP contribution in [0.15, 0.2) is 107 Å². The van der Waals surface area contributed by atoms with E-state index in [9.17, 15) is 24.9 Å². The highest BCUT2D eigenvalue weighted by Crippen LogP contribution is 2.29. The van der Waals surface area contributed by atoms with E-state index < -0.39 is 16.8 Å². The number of aromatic nitrogens is 8. The van der Waals surface area contributed by atoms with Crippen molar-refractivity contribution in [1.82, 2.24) is 38.7 Å². The molecule has 65 heavy (non-hydrogen) atoms. The van der Waals surface area contributed by atoms with Crippen molar-refractivity contribution >= 4 is 50.7 Å². The number of aliphatic hydroxyl groups is 3. The van der Waals surface area contributed by atoms with Crippen molar-refractivity contribution in [3.63, 3.8) is 0 Å². The Labute approximate surface area is 386 Å². The zero-order valence-electron chi connectivity index (χ0n) is 37.6. The Hall–Kier alpha value is -6.16. The normalized spacial score (nSPS) is 12.2. The highest BCUT2D eigenvalue weighted by Gasteiger charge is 2.22. The Morgan fingerprint density at radius 2 is 0.985 bits per heavy atom. The molecule has 4 aromatic heterocycles. The third-order valence-electron chi connectivity index (χ3n) is 11.2. The average molecular weight is 919 g/mol. The van der Waals surface area contributed by atoms with Gasteiger partial charge in [-0.1, -0.05) is 47.5 Å². The highest BCUT2D eigenvalue weighted by atomic mass is 35.5. The van der Waals surface area contributed by atoms with Gasteiger partial charge >= 0.3 is 0 Å². The van der Waals surface area contributed by atoms with Crippen LogP contribution in [0.25, 0.3) is 44.1 Å². The maximum atomic E-state index is 12.9. The first kappa shape index (κ1) is 46.8. The molecule has 0 saturated heterocycles. The van der Waals surface area contributed by atoms with E-state index in [0.717, 1.165) is 56.4 Å². The number of benzene rings is 4. The molecular formula is C49H53Cl2N9O5. The lowest BCUT2D eigenvalue weighted by molar-refractivity contribution is 0.0682. The molecule has 8 aromatic rings. The monoisotopic (exact) mass is 917 g/mol. The zero-order chi connectivity index (χ0) is 47.2. The van der Waals surface area contributed by atoms with Crippen LogP contribution < -0.4 is 16.9 Å². The van der Waals surface area contributed by atoms with Crippen LogP contribution in [0.2, 0.25) is 10.0 Å². The Kier molecular flexibility index (Phi) is 13.0. The van der Waals surface area contributed by atoms with Gasteiger partial charge in [0, 0.05) is 65.7 Å². The first-order chi connectivity index (χ1) is 30.5. The molecule has 0 aliphatic rings. The van der Waals surface area contributed by atoms with Gasteiger partial charge in [0.2, 0.25) is 0 Å². The number of rotatable bonds is 11. The van der Waals surface area contributed by atoms with E-state index in [-0.39, 0.29) is 11.1 Å². The molecule has 4 heterocycles. The molecule has 0 radical (unpaired) electrons. The summed E-state index contributed by atoms with van der Waals surface area (Å²) in [5.41, 5.74) is 11.0. The van der Waals surface area contributed by atoms with E-state index >= 15 is 0 Å². The summed E-state index contributed by atoms with van der Waals surface area (Å²) < 4.78 is 6.95. The maximum Gasteiger partial charge on any atom is 0.274 e. The van der Waals surface area contributed by atoms with Crippen molar-refractivity contribution in [2.24, 2.45) is 14.1 Å². The van der Waals surface area contributed by atoms with Gasteiger partial charge < -0.3 is 21.1 Å². The number of nitrogen functional groups attached to an aromatic ring is 1. The molecular weight excluding hydrogens is 866 g/mol. The van der Waals surface area contributed by atoms with Crippen LogP contribution >= 0.6 is 23.2 Å². The van der Waals surface area contributed by atoms with Crippen LogP contribution in [0.3, 0.4) is 0 Å². The van der Waals surface area contributed by atoms with Gasteiger partial charge in [-0.3, -0.25) is 28.3 Å². The molecule has 0 spiro atoms. The fraction of sp³-hybridized carbons (Fsp3) is 0.306. The van der Waals surface area contributed by atoms with Crippen molar-refractivity contribution in [3.8, 4) is 22.3 Å². The Balaban J connectivity index is 0.000000196. The third kappa shape index (κ3) is 10.4. The van der Waals surface area contributed by atoms with Crippen LogP contribution in [0.5, 0.6) is 0 Å². The number of fused-ring (bicyclic) bond motifs is 2. The number of nitrogens with two attached hydrogens (primary N) is 1. The van der Waals surface area contributed by atoms with E-state index in [1.54, 1.807) is 108 Å². The lowest BCUT2D eigenvalue weighted by Crippen LogP contribution is -2.20. The first-order valence-corrected chi connectivity index (χ1v) is 21.8. The van der Waals surface area contributed by atoms with Gasteiger partial charge in [-0.25, -0.2) is 19.9 Å². The fourth-order valence-corrected chi connectivity index (χ4v) is 7.82. The molecule has 4 aromatic carbocycles. The van der Waals surface area contributed by atoms with Crippen molar-refractivity contribution in [2.75, 3.05) is 5.73 Å². The van der Waals surface area contributed by atoms with E-state index in [2.05, 4.69) is 19.9 Å². The Bertz CT molecular complexity index is 3150. The second kappa shape index (κ2) is 18.0. The molecule has 338 valence electrons. The molecule has 8 rings (SSSR count). The molecule has 0 atom stereocenters. The van der Waals surface area contributed by atoms with Gasteiger partial charge in [-0.2, -0.15) is 0 Å². The smallest absolute Gasteiger partial charge is 0.274 e. The highest BCUT2D eigenvalue weighted by molar-refractivity contribution is 6.31. The second-order valence-electron chi connectivity index (χ2n) is 18.0. The molecule has 0 fully saturated rings. The number of hydrogen-bond donors (Lipinski definition) is 4. The van der Waals surface area contributed by atoms with Gasteiger partial charge in [0.05, 0.1) is 40.5 Å². The topological polar surface area (TPSA) is 192 Å². The van der Waals surface area contributed by atoms with Gasteiger partial charge in [0.1, 0.15) is 11.2 Å². The second-order valence-corrected chi connectivity index (χ2v) is 18.8. The maximum absolute atomic E-state index is 12.9. The summed E-state index contributed by atoms with van der Waals surface area (Å²) in [6.07, 6.45) is 8.05. The minimum absolute atomic E-state index is 0.0884. The summed E-state index contributed by atoms with van der Waals surface area (Å²) in [5, 5.41) is 32.7. The molecule has 14 nitrogen and oxygen atoms in total. The van der Waals surface area contributed by atoms with Crippen LogP contribution in [0.4, 0.5) is 5.69 Å². The molecule has 0 aliphatic heterocycles. The number of anilines is 1. The number of hydrogen-bond acceptors (Lipinski definition) is 10. The van der Waals surface area contributed by atoms with Crippen LogP contribution in [0, 0.1) is 0 Å². The molecule has 5 N–H and O–H groups in total. The predicted octanol–water partition coefficient (Wildman–Crippen LogP) is 7.74. The Morgan fingerprint density at radius 3 is 1.40 bits per heavy atom. The fourth-order valence-electron chi connectivity index (χ4n) is 7.46. The largest absolute Gasteiger partial charge is 0.399 e. The summed E-state index contributed by atoms with van der Waals surface area (Å²) in [7, 11) is 3.47. The third-order valence-corrected chi connectivity index (χ3v) is 12.0. The molecule has 0 saturated carbocycles. The standard InChI is InChI=1S/C27H31ClN4O3.C22H22ClN5O2/c1-26(2,34)11-10-17-6-9-22(28)19(12-17)16-32-23-13-18(7-8-21(23)24(33)31(32)5)20-14-29-25(30-15-20)27(3,4)35;1-22(2,30)21-25-10-15(11-26-21)13-4-6-17-19(9-13)28(27(3)20(17)29)12-14-8-16(24)5-7-18(14)23/h6-9,12-15,34-35H,10-11,16H2,1-5H3;4-11,30H,12,24H2,1-3H3. The van der Waals surface area contributed by atoms with Gasteiger partial charge in [-0.05, 0) is 131 Å².